The van der Waals surface area contributed by atoms with Crippen LogP contribution in [-0.2, 0) is 38.7 Å². The number of carboxylic acid groups (broad SMARTS) is 1. The fourth-order valence-corrected chi connectivity index (χ4v) is 5.30. The quantitative estimate of drug-likeness (QED) is 0.0730. The van der Waals surface area contributed by atoms with Crippen molar-refractivity contribution >= 4 is 40.2 Å². The number of rotatable bonds is 17. The molecule has 3 amide bonds. The van der Waals surface area contributed by atoms with E-state index in [0.29, 0.717) is 29.7 Å². The first-order chi connectivity index (χ1) is 19.0. The van der Waals surface area contributed by atoms with Gasteiger partial charge in [0.15, 0.2) is 0 Å². The molecule has 2 unspecified atom stereocenters. The van der Waals surface area contributed by atoms with Gasteiger partial charge in [-0.2, -0.15) is 4.72 Å². The summed E-state index contributed by atoms with van der Waals surface area (Å²) in [5, 5.41) is 16.3. The van der Waals surface area contributed by atoms with Crippen LogP contribution in [-0.4, -0.2) is 74.6 Å². The fourth-order valence-electron chi connectivity index (χ4n) is 3.65. The second-order valence-corrected chi connectivity index (χ2v) is 12.0. The lowest BCUT2D eigenvalue weighted by molar-refractivity contribution is -0.155. The standard InChI is InChI=1S/C26H40N4O10S/c1-16-12-19(13-17(2)23(16)41(37,38)30-18(3)25(35)36)39-11-7-8-21(32)27-14-28-24(34)20(29-15-31)9-10-22(33)40-26(4,5)6/h12-13,15,18,20,30H,7-11,14H2,1-6H3,(H,27,32)(H,28,34)(H,29,31)(H,35,36). The molecule has 0 radical (unpaired) electrons. The molecule has 1 aromatic carbocycles. The highest BCUT2D eigenvalue weighted by Crippen LogP contribution is 2.26. The molecule has 0 fully saturated rings. The maximum absolute atomic E-state index is 12.6. The summed E-state index contributed by atoms with van der Waals surface area (Å²) in [6.45, 7) is 9.46. The van der Waals surface area contributed by atoms with Gasteiger partial charge < -0.3 is 30.5 Å². The third-order valence-electron chi connectivity index (χ3n) is 5.41. The van der Waals surface area contributed by atoms with Gasteiger partial charge in [0.25, 0.3) is 0 Å². The van der Waals surface area contributed by atoms with Gasteiger partial charge in [-0.25, -0.2) is 8.42 Å². The van der Waals surface area contributed by atoms with Crippen molar-refractivity contribution in [3.63, 3.8) is 0 Å². The number of amides is 3. The first kappa shape index (κ1) is 35.3. The molecule has 2 atom stereocenters. The van der Waals surface area contributed by atoms with E-state index in [1.165, 1.54) is 19.1 Å². The maximum atomic E-state index is 12.6. The highest BCUT2D eigenvalue weighted by molar-refractivity contribution is 7.89. The molecule has 1 rings (SSSR count). The van der Waals surface area contributed by atoms with Crippen LogP contribution in [0.2, 0.25) is 0 Å². The summed E-state index contributed by atoms with van der Waals surface area (Å²) < 4.78 is 38.2. The molecule has 0 aliphatic carbocycles. The molecule has 0 saturated carbocycles. The Morgan fingerprint density at radius 2 is 1.66 bits per heavy atom. The van der Waals surface area contributed by atoms with Crippen molar-refractivity contribution in [2.45, 2.75) is 89.8 Å². The number of esters is 1. The first-order valence-electron chi connectivity index (χ1n) is 12.9. The molecule has 41 heavy (non-hydrogen) atoms. The minimum Gasteiger partial charge on any atom is -0.494 e. The van der Waals surface area contributed by atoms with Crippen molar-refractivity contribution < 1.29 is 47.0 Å². The summed E-state index contributed by atoms with van der Waals surface area (Å²) in [5.41, 5.74) is 0.0637. The van der Waals surface area contributed by atoms with Crippen LogP contribution in [0.25, 0.3) is 0 Å². The number of ether oxygens (including phenoxy) is 2. The van der Waals surface area contributed by atoms with Gasteiger partial charge in [-0.1, -0.05) is 0 Å². The number of carbonyl (C=O) groups excluding carboxylic acids is 4. The predicted octanol–water partition coefficient (Wildman–Crippen LogP) is 0.640. The lowest BCUT2D eigenvalue weighted by atomic mass is 10.1. The average Bonchev–Trinajstić information content (AvgIpc) is 2.82. The number of nitrogens with one attached hydrogen (secondary N) is 4. The van der Waals surface area contributed by atoms with E-state index in [1.807, 2.05) is 0 Å². The summed E-state index contributed by atoms with van der Waals surface area (Å²) in [4.78, 5) is 58.1. The van der Waals surface area contributed by atoms with E-state index in [1.54, 1.807) is 34.6 Å². The molecule has 0 saturated heterocycles. The summed E-state index contributed by atoms with van der Waals surface area (Å²) in [5.74, 6) is -2.36. The van der Waals surface area contributed by atoms with Gasteiger partial charge in [0.2, 0.25) is 28.2 Å². The van der Waals surface area contributed by atoms with Crippen LogP contribution in [0.15, 0.2) is 17.0 Å². The average molecular weight is 601 g/mol. The molecule has 15 heteroatoms. The van der Waals surface area contributed by atoms with Crippen molar-refractivity contribution in [3.05, 3.63) is 23.3 Å². The molecule has 0 aromatic heterocycles. The zero-order valence-electron chi connectivity index (χ0n) is 24.2. The minimum absolute atomic E-state index is 0.0224. The number of hydrogen-bond acceptors (Lipinski definition) is 9. The van der Waals surface area contributed by atoms with Gasteiger partial charge in [-0.05, 0) is 77.6 Å². The van der Waals surface area contributed by atoms with Crippen molar-refractivity contribution in [3.8, 4) is 5.75 Å². The van der Waals surface area contributed by atoms with Crippen LogP contribution in [0, 0.1) is 13.8 Å². The van der Waals surface area contributed by atoms with E-state index in [4.69, 9.17) is 14.6 Å². The maximum Gasteiger partial charge on any atom is 0.321 e. The molecule has 0 heterocycles. The van der Waals surface area contributed by atoms with Crippen LogP contribution in [0.4, 0.5) is 0 Å². The van der Waals surface area contributed by atoms with Crippen molar-refractivity contribution in [1.29, 1.82) is 0 Å². The predicted molar refractivity (Wildman–Crippen MR) is 147 cm³/mol. The van der Waals surface area contributed by atoms with E-state index in [2.05, 4.69) is 20.7 Å². The monoisotopic (exact) mass is 600 g/mol. The Kier molecular flexibility index (Phi) is 13.7. The molecule has 230 valence electrons. The molecule has 0 bridgehead atoms. The molecular formula is C26H40N4O10S. The molecule has 0 spiro atoms. The van der Waals surface area contributed by atoms with Crippen molar-refractivity contribution in [2.75, 3.05) is 13.3 Å². The Hall–Kier alpha value is -3.72. The Labute approximate surface area is 240 Å². The Morgan fingerprint density at radius 3 is 2.20 bits per heavy atom. The van der Waals surface area contributed by atoms with Gasteiger partial charge in [0, 0.05) is 12.8 Å². The highest BCUT2D eigenvalue weighted by Gasteiger charge is 2.25. The summed E-state index contributed by atoms with van der Waals surface area (Å²) >= 11 is 0. The third-order valence-corrected chi connectivity index (χ3v) is 7.26. The van der Waals surface area contributed by atoms with E-state index in [-0.39, 0.29) is 43.3 Å². The third kappa shape index (κ3) is 13.0. The molecule has 14 nitrogen and oxygen atoms in total. The zero-order valence-corrected chi connectivity index (χ0v) is 25.0. The Bertz CT molecular complexity index is 1190. The largest absolute Gasteiger partial charge is 0.494 e. The normalized spacial score (nSPS) is 12.9. The minimum atomic E-state index is -4.07. The summed E-state index contributed by atoms with van der Waals surface area (Å²) in [6, 6.07) is 0.743. The lowest BCUT2D eigenvalue weighted by Gasteiger charge is -2.21. The molecular weight excluding hydrogens is 560 g/mol. The van der Waals surface area contributed by atoms with Crippen molar-refractivity contribution in [1.82, 2.24) is 20.7 Å². The van der Waals surface area contributed by atoms with Crippen LogP contribution < -0.4 is 25.4 Å². The van der Waals surface area contributed by atoms with E-state index >= 15 is 0 Å². The Balaban J connectivity index is 2.50. The summed E-state index contributed by atoms with van der Waals surface area (Å²) in [7, 11) is -4.07. The lowest BCUT2D eigenvalue weighted by Crippen LogP contribution is -2.47. The van der Waals surface area contributed by atoms with Gasteiger partial charge >= 0.3 is 11.9 Å². The second-order valence-electron chi connectivity index (χ2n) is 10.3. The van der Waals surface area contributed by atoms with Gasteiger partial charge in [0.05, 0.1) is 18.2 Å². The van der Waals surface area contributed by atoms with E-state index in [9.17, 15) is 32.4 Å². The summed E-state index contributed by atoms with van der Waals surface area (Å²) in [6.07, 6.45) is 0.687. The van der Waals surface area contributed by atoms with Crippen LogP contribution in [0.5, 0.6) is 5.75 Å². The van der Waals surface area contributed by atoms with Gasteiger partial charge in [-0.15, -0.1) is 0 Å². The number of sulfonamides is 1. The smallest absolute Gasteiger partial charge is 0.321 e. The Morgan fingerprint density at radius 1 is 1.05 bits per heavy atom. The highest BCUT2D eigenvalue weighted by atomic mass is 32.2. The number of aryl methyl sites for hydroxylation is 2. The number of carboxylic acids is 1. The molecule has 1 aromatic rings. The second kappa shape index (κ2) is 15.9. The fraction of sp³-hybridized carbons (Fsp3) is 0.577. The molecule has 0 aliphatic rings. The SMILES string of the molecule is Cc1cc(OCCCC(=O)NCNC(=O)C(CCC(=O)OC(C)(C)C)NC=O)cc(C)c1S(=O)(=O)NC(C)C(=O)O. The van der Waals surface area contributed by atoms with Crippen LogP contribution in [0.1, 0.15) is 64.5 Å². The van der Waals surface area contributed by atoms with Crippen LogP contribution >= 0.6 is 0 Å². The van der Waals surface area contributed by atoms with Crippen LogP contribution in [0.3, 0.4) is 0 Å². The molecule has 0 aliphatic heterocycles. The number of carbonyl (C=O) groups is 5. The zero-order chi connectivity index (χ0) is 31.4. The van der Waals surface area contributed by atoms with Gasteiger partial charge in [-0.3, -0.25) is 24.0 Å². The van der Waals surface area contributed by atoms with E-state index < -0.39 is 45.6 Å². The first-order valence-corrected chi connectivity index (χ1v) is 14.4. The topological polar surface area (TPSA) is 206 Å². The number of hydrogen-bond donors (Lipinski definition) is 5. The van der Waals surface area contributed by atoms with E-state index in [0.717, 1.165) is 0 Å². The number of aliphatic carboxylic acids is 1. The molecule has 5 N–H and O–H groups in total. The number of benzene rings is 1. The van der Waals surface area contributed by atoms with Gasteiger partial charge in [0.1, 0.15) is 23.4 Å². The van der Waals surface area contributed by atoms with Crippen molar-refractivity contribution in [2.24, 2.45) is 0 Å².